The number of aromatic nitrogens is 6. The van der Waals surface area contributed by atoms with Crippen molar-refractivity contribution < 1.29 is 8.78 Å². The Kier molecular flexibility index (Phi) is 3.76. The van der Waals surface area contributed by atoms with Gasteiger partial charge in [0.2, 0.25) is 0 Å². The van der Waals surface area contributed by atoms with Gasteiger partial charge in [0.15, 0.2) is 5.82 Å². The van der Waals surface area contributed by atoms with Crippen molar-refractivity contribution >= 4 is 16.9 Å². The second-order valence-electron chi connectivity index (χ2n) is 6.13. The van der Waals surface area contributed by atoms with Crippen LogP contribution >= 0.6 is 11.3 Å². The summed E-state index contributed by atoms with van der Waals surface area (Å²) in [6.07, 6.45) is 3.30. The van der Waals surface area contributed by atoms with Gasteiger partial charge in [-0.1, -0.05) is 6.07 Å². The quantitative estimate of drug-likeness (QED) is 0.489. The number of pyridine rings is 1. The lowest BCUT2D eigenvalue weighted by Crippen LogP contribution is -1.90. The Balaban J connectivity index is 1.78. The summed E-state index contributed by atoms with van der Waals surface area (Å²) in [6.45, 7) is 1.90. The molecule has 138 valence electrons. The van der Waals surface area contributed by atoms with Crippen molar-refractivity contribution in [1.29, 1.82) is 0 Å². The van der Waals surface area contributed by atoms with Crippen molar-refractivity contribution in [1.82, 2.24) is 29.8 Å². The van der Waals surface area contributed by atoms with Crippen LogP contribution in [-0.2, 0) is 0 Å². The van der Waals surface area contributed by atoms with Crippen LogP contribution in [0.25, 0.3) is 38.0 Å². The highest BCUT2D eigenvalue weighted by molar-refractivity contribution is 7.19. The summed E-state index contributed by atoms with van der Waals surface area (Å²) in [5, 5.41) is 12.0. The molecule has 0 aliphatic rings. The van der Waals surface area contributed by atoms with Crippen molar-refractivity contribution in [3.8, 4) is 32.5 Å². The van der Waals surface area contributed by atoms with E-state index in [1.807, 2.05) is 31.3 Å². The lowest BCUT2D eigenvalue weighted by atomic mass is 10.1. The predicted molar refractivity (Wildman–Crippen MR) is 102 cm³/mol. The minimum atomic E-state index is -0.690. The fourth-order valence-electron chi connectivity index (χ4n) is 3.14. The second kappa shape index (κ2) is 6.31. The Labute approximate surface area is 161 Å². The second-order valence-corrected chi connectivity index (χ2v) is 7.13. The highest BCUT2D eigenvalue weighted by Gasteiger charge is 2.23. The highest BCUT2D eigenvalue weighted by Crippen LogP contribution is 2.41. The Morgan fingerprint density at radius 2 is 2.04 bits per heavy atom. The summed E-state index contributed by atoms with van der Waals surface area (Å²) >= 11 is 1.34. The van der Waals surface area contributed by atoms with Crippen molar-refractivity contribution in [2.75, 3.05) is 0 Å². The molecule has 0 saturated heterocycles. The minimum Gasteiger partial charge on any atom is -0.265 e. The number of aryl methyl sites for hydroxylation is 1. The lowest BCUT2D eigenvalue weighted by Gasteiger charge is -2.01. The Morgan fingerprint density at radius 3 is 2.82 bits per heavy atom. The maximum absolute atomic E-state index is 14.5. The molecule has 0 radical (unpaired) electrons. The summed E-state index contributed by atoms with van der Waals surface area (Å²) in [7, 11) is 0. The van der Waals surface area contributed by atoms with E-state index in [4.69, 9.17) is 0 Å². The van der Waals surface area contributed by atoms with Crippen LogP contribution in [0.3, 0.4) is 0 Å². The van der Waals surface area contributed by atoms with E-state index in [9.17, 15) is 8.78 Å². The molecule has 0 saturated carbocycles. The highest BCUT2D eigenvalue weighted by atomic mass is 32.1. The van der Waals surface area contributed by atoms with Crippen molar-refractivity contribution in [3.63, 3.8) is 0 Å². The zero-order valence-electron chi connectivity index (χ0n) is 14.5. The number of thiazole rings is 1. The molecule has 4 aromatic heterocycles. The molecular weight excluding hydrogens is 382 g/mol. The fraction of sp³-hybridized carbons (Fsp3) is 0.0526. The van der Waals surface area contributed by atoms with E-state index < -0.39 is 11.6 Å². The molecule has 0 amide bonds. The molecule has 0 unspecified atom stereocenters. The van der Waals surface area contributed by atoms with Gasteiger partial charge >= 0.3 is 0 Å². The van der Waals surface area contributed by atoms with E-state index in [-0.39, 0.29) is 5.56 Å². The summed E-state index contributed by atoms with van der Waals surface area (Å²) in [5.74, 6) is -0.934. The number of aromatic amines is 1. The normalized spacial score (nSPS) is 11.4. The van der Waals surface area contributed by atoms with Crippen molar-refractivity contribution in [3.05, 3.63) is 66.3 Å². The number of hydrogen-bond acceptors (Lipinski definition) is 5. The molecule has 9 heteroatoms. The van der Waals surface area contributed by atoms with Gasteiger partial charge in [0.25, 0.3) is 0 Å². The molecule has 0 atom stereocenters. The molecule has 0 spiro atoms. The van der Waals surface area contributed by atoms with Crippen LogP contribution in [0.5, 0.6) is 0 Å². The van der Waals surface area contributed by atoms with Crippen LogP contribution in [0.2, 0.25) is 0 Å². The van der Waals surface area contributed by atoms with Crippen LogP contribution in [0.15, 0.2) is 48.9 Å². The SMILES string of the molecule is Cc1nn2ccccc2c1-c1nc(-c2ccc(F)cc2F)c(-c2nc[nH]n2)s1. The molecule has 4 heterocycles. The summed E-state index contributed by atoms with van der Waals surface area (Å²) in [4.78, 5) is 9.47. The van der Waals surface area contributed by atoms with Gasteiger partial charge in [0.1, 0.15) is 27.8 Å². The molecule has 0 aliphatic carbocycles. The Bertz CT molecular complexity index is 1310. The largest absolute Gasteiger partial charge is 0.265 e. The van der Waals surface area contributed by atoms with Crippen LogP contribution < -0.4 is 0 Å². The van der Waals surface area contributed by atoms with E-state index >= 15 is 0 Å². The molecule has 0 bridgehead atoms. The van der Waals surface area contributed by atoms with Crippen molar-refractivity contribution in [2.24, 2.45) is 0 Å². The topological polar surface area (TPSA) is 71.8 Å². The smallest absolute Gasteiger partial charge is 0.193 e. The maximum Gasteiger partial charge on any atom is 0.193 e. The van der Waals surface area contributed by atoms with E-state index in [1.165, 1.54) is 29.8 Å². The zero-order chi connectivity index (χ0) is 19.3. The van der Waals surface area contributed by atoms with Crippen LogP contribution in [0.1, 0.15) is 5.69 Å². The molecule has 0 aliphatic heterocycles. The third-order valence-electron chi connectivity index (χ3n) is 4.36. The first-order valence-corrected chi connectivity index (χ1v) is 9.20. The van der Waals surface area contributed by atoms with Crippen LogP contribution in [-0.4, -0.2) is 29.8 Å². The number of benzene rings is 1. The van der Waals surface area contributed by atoms with Gasteiger partial charge in [-0.25, -0.2) is 23.3 Å². The summed E-state index contributed by atoms with van der Waals surface area (Å²) in [6, 6.07) is 9.19. The first-order valence-electron chi connectivity index (χ1n) is 8.38. The van der Waals surface area contributed by atoms with Gasteiger partial charge in [-0.3, -0.25) is 5.10 Å². The van der Waals surface area contributed by atoms with Gasteiger partial charge in [-0.05, 0) is 31.2 Å². The number of nitrogens with zero attached hydrogens (tertiary/aromatic N) is 5. The van der Waals surface area contributed by atoms with E-state index in [0.29, 0.717) is 21.4 Å². The molecule has 1 N–H and O–H groups in total. The first kappa shape index (κ1) is 16.7. The van der Waals surface area contributed by atoms with Gasteiger partial charge in [0, 0.05) is 17.8 Å². The predicted octanol–water partition coefficient (Wildman–Crippen LogP) is 4.50. The maximum atomic E-state index is 14.5. The Hall–Kier alpha value is -3.46. The van der Waals surface area contributed by atoms with E-state index in [0.717, 1.165) is 22.8 Å². The van der Waals surface area contributed by atoms with Crippen LogP contribution in [0.4, 0.5) is 8.78 Å². The van der Waals surface area contributed by atoms with Gasteiger partial charge in [-0.2, -0.15) is 10.2 Å². The van der Waals surface area contributed by atoms with Crippen molar-refractivity contribution in [2.45, 2.75) is 6.92 Å². The average Bonchev–Trinajstić information content (AvgIpc) is 3.38. The van der Waals surface area contributed by atoms with E-state index in [1.54, 1.807) is 4.52 Å². The molecule has 5 aromatic rings. The minimum absolute atomic E-state index is 0.192. The zero-order valence-corrected chi connectivity index (χ0v) is 15.3. The van der Waals surface area contributed by atoms with E-state index in [2.05, 4.69) is 25.3 Å². The number of halogens is 2. The molecule has 6 nitrogen and oxygen atoms in total. The molecule has 0 fully saturated rings. The molecule has 1 aromatic carbocycles. The standard InChI is InChI=1S/C19H12F2N6S/c1-10-15(14-4-2-3-7-27(14)26-10)19-24-16(12-6-5-11(20)8-13(12)21)17(28-19)18-22-9-23-25-18/h2-9H,1H3,(H,22,23,25). The molecule has 5 rings (SSSR count). The monoisotopic (exact) mass is 394 g/mol. The molecule has 28 heavy (non-hydrogen) atoms. The number of H-pyrrole nitrogens is 1. The Morgan fingerprint density at radius 1 is 1.14 bits per heavy atom. The number of hydrogen-bond donors (Lipinski definition) is 1. The van der Waals surface area contributed by atoms with Gasteiger partial charge in [0.05, 0.1) is 22.5 Å². The van der Waals surface area contributed by atoms with Gasteiger partial charge in [-0.15, -0.1) is 11.3 Å². The number of fused-ring (bicyclic) bond motifs is 1. The summed E-state index contributed by atoms with van der Waals surface area (Å²) in [5.41, 5.74) is 3.11. The number of nitrogens with one attached hydrogen (secondary N) is 1. The molecular formula is C19H12F2N6S. The van der Waals surface area contributed by atoms with Crippen LogP contribution in [0, 0.1) is 18.6 Å². The first-order chi connectivity index (χ1) is 13.6. The third-order valence-corrected chi connectivity index (χ3v) is 5.43. The average molecular weight is 394 g/mol. The fourth-order valence-corrected chi connectivity index (χ4v) is 4.27. The van der Waals surface area contributed by atoms with Gasteiger partial charge < -0.3 is 0 Å². The third kappa shape index (κ3) is 2.59. The summed E-state index contributed by atoms with van der Waals surface area (Å²) < 4.78 is 29.7. The lowest BCUT2D eigenvalue weighted by molar-refractivity contribution is 0.585. The number of rotatable bonds is 3.